The Kier molecular flexibility index (Phi) is 59.8. The summed E-state index contributed by atoms with van der Waals surface area (Å²) >= 11 is 0. The van der Waals surface area contributed by atoms with Gasteiger partial charge in [-0.25, -0.2) is 0 Å². The fourth-order valence-corrected chi connectivity index (χ4v) is 0. The summed E-state index contributed by atoms with van der Waals surface area (Å²) in [6.45, 7) is 4.33. The maximum absolute atomic E-state index is 9.00. The Bertz CT molecular complexity index is 167. The number of carboxylic acids is 4. The fraction of sp³-hybridized carbons (Fsp3) is 0.500. The van der Waals surface area contributed by atoms with Crippen molar-refractivity contribution in [2.45, 2.75) is 27.7 Å². The normalized spacial score (nSPS) is 5.56. The van der Waals surface area contributed by atoms with E-state index in [0.717, 1.165) is 27.7 Å². The van der Waals surface area contributed by atoms with Crippen LogP contribution in [0.25, 0.3) is 0 Å². The summed E-state index contributed by atoms with van der Waals surface area (Å²) in [7, 11) is 0. The molecular formula is C8H18CrO8Pb. The van der Waals surface area contributed by atoms with Gasteiger partial charge >= 0.3 is 27.3 Å². The van der Waals surface area contributed by atoms with Gasteiger partial charge < -0.3 is 20.4 Å². The Morgan fingerprint density at radius 2 is 0.556 bits per heavy atom. The van der Waals surface area contributed by atoms with E-state index in [2.05, 4.69) is 0 Å². The van der Waals surface area contributed by atoms with Gasteiger partial charge in [-0.1, -0.05) is 0 Å². The van der Waals surface area contributed by atoms with E-state index in [9.17, 15) is 0 Å². The Morgan fingerprint density at radius 1 is 0.556 bits per heavy atom. The molecule has 0 aromatic rings. The molecule has 108 valence electrons. The van der Waals surface area contributed by atoms with Gasteiger partial charge in [-0.05, 0) is 0 Å². The zero-order valence-electron chi connectivity index (χ0n) is 10.5. The van der Waals surface area contributed by atoms with Crippen molar-refractivity contribution < 1.29 is 57.0 Å². The molecule has 0 amide bonds. The van der Waals surface area contributed by atoms with E-state index >= 15 is 0 Å². The van der Waals surface area contributed by atoms with Crippen LogP contribution in [0.15, 0.2) is 0 Å². The molecule has 0 aromatic carbocycles. The van der Waals surface area contributed by atoms with Crippen LogP contribution >= 0.6 is 0 Å². The molecule has 0 saturated heterocycles. The van der Waals surface area contributed by atoms with Gasteiger partial charge in [0, 0.05) is 45.1 Å². The van der Waals surface area contributed by atoms with Gasteiger partial charge in [0.15, 0.2) is 0 Å². The second kappa shape index (κ2) is 29.9. The Balaban J connectivity index is -0.0000000257. The van der Waals surface area contributed by atoms with Crippen LogP contribution in [0.4, 0.5) is 0 Å². The van der Waals surface area contributed by atoms with Crippen LogP contribution in [0.3, 0.4) is 0 Å². The van der Waals surface area contributed by atoms with Gasteiger partial charge in [-0.15, -0.1) is 0 Å². The first-order valence-corrected chi connectivity index (χ1v) is 3.71. The first kappa shape index (κ1) is 36.0. The molecule has 0 aliphatic carbocycles. The summed E-state index contributed by atoms with van der Waals surface area (Å²) in [5, 5.41) is 29.7. The summed E-state index contributed by atoms with van der Waals surface area (Å²) in [6.07, 6.45) is 0. The number of hydrogen-bond donors (Lipinski definition) is 4. The van der Waals surface area contributed by atoms with Crippen molar-refractivity contribution in [2.24, 2.45) is 0 Å². The predicted molar refractivity (Wildman–Crippen MR) is 61.8 cm³/mol. The molecule has 0 atom stereocenters. The third-order valence-corrected chi connectivity index (χ3v) is 0. The van der Waals surface area contributed by atoms with E-state index in [4.69, 9.17) is 39.6 Å². The number of carboxylic acid groups (broad SMARTS) is 4. The second-order valence-electron chi connectivity index (χ2n) is 2.08. The average molecular weight is 501 g/mol. The van der Waals surface area contributed by atoms with Crippen molar-refractivity contribution in [1.29, 1.82) is 0 Å². The average Bonchev–Trinajstić information content (AvgIpc) is 1.76. The standard InChI is InChI=1S/4C2H4O2.Cr.Pb.2H/c4*1-2(3)4;;;;/h4*1H3,(H,3,4);;;;. The summed E-state index contributed by atoms with van der Waals surface area (Å²) in [5.41, 5.74) is 0. The molecule has 0 fully saturated rings. The molecule has 0 unspecified atom stereocenters. The predicted octanol–water partition coefficient (Wildman–Crippen LogP) is -0.555. The molecule has 18 heavy (non-hydrogen) atoms. The van der Waals surface area contributed by atoms with Crippen molar-refractivity contribution in [2.75, 3.05) is 0 Å². The third-order valence-electron chi connectivity index (χ3n) is 0. The van der Waals surface area contributed by atoms with Crippen LogP contribution in [0.2, 0.25) is 0 Å². The summed E-state index contributed by atoms with van der Waals surface area (Å²) in [5.74, 6) is -3.33. The monoisotopic (exact) mass is 502 g/mol. The molecular weight excluding hydrogens is 483 g/mol. The van der Waals surface area contributed by atoms with Crippen molar-refractivity contribution in [3.05, 3.63) is 0 Å². The Morgan fingerprint density at radius 3 is 0.556 bits per heavy atom. The van der Waals surface area contributed by atoms with Gasteiger partial charge in [-0.3, -0.25) is 19.2 Å². The van der Waals surface area contributed by atoms with Crippen molar-refractivity contribution in [3.8, 4) is 0 Å². The second-order valence-corrected chi connectivity index (χ2v) is 2.08. The van der Waals surface area contributed by atoms with Crippen LogP contribution in [-0.2, 0) is 36.5 Å². The Labute approximate surface area is 135 Å². The molecule has 10 heteroatoms. The van der Waals surface area contributed by atoms with Crippen LogP contribution in [-0.4, -0.2) is 71.6 Å². The Hall–Kier alpha value is -0.665. The zero-order chi connectivity index (χ0) is 14.3. The molecule has 8 nitrogen and oxygen atoms in total. The zero-order valence-corrected chi connectivity index (χ0v) is 17.3. The first-order valence-electron chi connectivity index (χ1n) is 3.71. The van der Waals surface area contributed by atoms with Gasteiger partial charge in [0.05, 0.1) is 0 Å². The van der Waals surface area contributed by atoms with E-state index in [1.165, 1.54) is 0 Å². The van der Waals surface area contributed by atoms with Gasteiger partial charge in [0.2, 0.25) is 0 Å². The number of hydrogen-bond acceptors (Lipinski definition) is 4. The topological polar surface area (TPSA) is 149 Å². The van der Waals surface area contributed by atoms with E-state index in [-0.39, 0.29) is 44.7 Å². The molecule has 0 heterocycles. The molecule has 0 rings (SSSR count). The first-order chi connectivity index (χ1) is 6.93. The number of carbonyl (C=O) groups is 4. The van der Waals surface area contributed by atoms with Crippen LogP contribution in [0.1, 0.15) is 27.7 Å². The van der Waals surface area contributed by atoms with Crippen LogP contribution in [0, 0.1) is 0 Å². The molecule has 0 aliphatic heterocycles. The molecule has 0 spiro atoms. The fourth-order valence-electron chi connectivity index (χ4n) is 0. The minimum atomic E-state index is -0.833. The number of aliphatic carboxylic acids is 4. The number of rotatable bonds is 0. The molecule has 4 N–H and O–H groups in total. The van der Waals surface area contributed by atoms with Crippen LogP contribution in [0.5, 0.6) is 0 Å². The van der Waals surface area contributed by atoms with Gasteiger partial charge in [0.25, 0.3) is 23.9 Å². The van der Waals surface area contributed by atoms with Crippen molar-refractivity contribution >= 4 is 51.2 Å². The van der Waals surface area contributed by atoms with E-state index < -0.39 is 23.9 Å². The summed E-state index contributed by atoms with van der Waals surface area (Å²) in [4.78, 5) is 36.0. The van der Waals surface area contributed by atoms with Crippen molar-refractivity contribution in [1.82, 2.24) is 0 Å². The molecule has 2 radical (unpaired) electrons. The summed E-state index contributed by atoms with van der Waals surface area (Å²) < 4.78 is 0. The van der Waals surface area contributed by atoms with Gasteiger partial charge in [0.1, 0.15) is 0 Å². The minimum absolute atomic E-state index is 0. The molecule has 0 bridgehead atoms. The maximum atomic E-state index is 9.00. The van der Waals surface area contributed by atoms with E-state index in [1.54, 1.807) is 0 Å². The third kappa shape index (κ3) is 7120. The van der Waals surface area contributed by atoms with Gasteiger partial charge in [-0.2, -0.15) is 0 Å². The quantitative estimate of drug-likeness (QED) is 0.323. The van der Waals surface area contributed by atoms with Crippen LogP contribution < -0.4 is 0 Å². The molecule has 0 saturated carbocycles. The van der Waals surface area contributed by atoms with E-state index in [1.807, 2.05) is 0 Å². The molecule has 0 aromatic heterocycles. The van der Waals surface area contributed by atoms with Crippen molar-refractivity contribution in [3.63, 3.8) is 0 Å². The SMILES string of the molecule is CC(=O)O.CC(=O)O.CC(=O)O.CC(=O)O.[Cr].[PbH2]. The molecule has 0 aliphatic rings. The van der Waals surface area contributed by atoms with E-state index in [0.29, 0.717) is 0 Å². The summed E-state index contributed by atoms with van der Waals surface area (Å²) in [6, 6.07) is 0.